The standard InChI is InChI=1S/C21H23NO3/c1-2-25-19-10-7-16(8-11-19)20(23)12-13-21(24)22-18-9-6-15-4-3-5-17(15)14-18/h6-11,14H,2-5,12-13H2,1H3,(H,22,24). The Labute approximate surface area is 148 Å². The molecule has 0 saturated carbocycles. The number of hydrogen-bond donors (Lipinski definition) is 1. The number of Topliss-reactive ketones (excluding diaryl/α,β-unsaturated/α-hetero) is 1. The summed E-state index contributed by atoms with van der Waals surface area (Å²) < 4.78 is 5.36. The van der Waals surface area contributed by atoms with Crippen molar-refractivity contribution in [1.29, 1.82) is 0 Å². The van der Waals surface area contributed by atoms with Crippen LogP contribution in [0.25, 0.3) is 0 Å². The molecule has 0 fully saturated rings. The molecule has 0 radical (unpaired) electrons. The minimum absolute atomic E-state index is 0.0350. The van der Waals surface area contributed by atoms with Crippen molar-refractivity contribution in [3.05, 3.63) is 59.2 Å². The van der Waals surface area contributed by atoms with Crippen LogP contribution in [0.1, 0.15) is 47.7 Å². The van der Waals surface area contributed by atoms with Gasteiger partial charge in [0.25, 0.3) is 0 Å². The van der Waals surface area contributed by atoms with Crippen LogP contribution in [0.3, 0.4) is 0 Å². The molecule has 4 nitrogen and oxygen atoms in total. The van der Waals surface area contributed by atoms with Gasteiger partial charge in [0.15, 0.2) is 5.78 Å². The van der Waals surface area contributed by atoms with Crippen LogP contribution in [-0.2, 0) is 17.6 Å². The van der Waals surface area contributed by atoms with Gasteiger partial charge < -0.3 is 10.1 Å². The molecule has 1 amide bonds. The van der Waals surface area contributed by atoms with Gasteiger partial charge >= 0.3 is 0 Å². The van der Waals surface area contributed by atoms with Gasteiger partial charge in [-0.3, -0.25) is 9.59 Å². The van der Waals surface area contributed by atoms with Crippen molar-refractivity contribution in [2.24, 2.45) is 0 Å². The number of aryl methyl sites for hydroxylation is 2. The Bertz CT molecular complexity index is 765. The Kier molecular flexibility index (Phi) is 5.49. The number of amides is 1. The second-order valence-corrected chi connectivity index (χ2v) is 6.27. The molecule has 0 atom stereocenters. The van der Waals surface area contributed by atoms with Crippen LogP contribution in [0.2, 0.25) is 0 Å². The number of carbonyl (C=O) groups is 2. The van der Waals surface area contributed by atoms with Crippen molar-refractivity contribution < 1.29 is 14.3 Å². The molecule has 0 unspecified atom stereocenters. The zero-order valence-corrected chi connectivity index (χ0v) is 14.5. The van der Waals surface area contributed by atoms with Gasteiger partial charge in [0, 0.05) is 24.1 Å². The van der Waals surface area contributed by atoms with Crippen LogP contribution in [0.4, 0.5) is 5.69 Å². The zero-order valence-electron chi connectivity index (χ0n) is 14.5. The van der Waals surface area contributed by atoms with E-state index in [0.29, 0.717) is 12.2 Å². The lowest BCUT2D eigenvalue weighted by Gasteiger charge is -2.08. The first-order valence-corrected chi connectivity index (χ1v) is 8.83. The lowest BCUT2D eigenvalue weighted by atomic mass is 10.1. The molecule has 1 N–H and O–H groups in total. The van der Waals surface area contributed by atoms with Crippen molar-refractivity contribution >= 4 is 17.4 Å². The number of anilines is 1. The van der Waals surface area contributed by atoms with Gasteiger partial charge in [0.05, 0.1) is 6.61 Å². The largest absolute Gasteiger partial charge is 0.494 e. The second-order valence-electron chi connectivity index (χ2n) is 6.27. The first-order chi connectivity index (χ1) is 12.2. The van der Waals surface area contributed by atoms with Crippen LogP contribution >= 0.6 is 0 Å². The fourth-order valence-corrected chi connectivity index (χ4v) is 3.15. The first kappa shape index (κ1) is 17.2. The maximum Gasteiger partial charge on any atom is 0.224 e. The molecule has 3 rings (SSSR count). The predicted molar refractivity (Wildman–Crippen MR) is 98.3 cm³/mol. The fraction of sp³-hybridized carbons (Fsp3) is 0.333. The highest BCUT2D eigenvalue weighted by atomic mass is 16.5. The average Bonchev–Trinajstić information content (AvgIpc) is 3.08. The highest BCUT2D eigenvalue weighted by Gasteiger charge is 2.13. The monoisotopic (exact) mass is 337 g/mol. The lowest BCUT2D eigenvalue weighted by molar-refractivity contribution is -0.116. The molecule has 0 heterocycles. The number of ketones is 1. The number of hydrogen-bond acceptors (Lipinski definition) is 3. The van der Waals surface area contributed by atoms with Crippen molar-refractivity contribution in [2.75, 3.05) is 11.9 Å². The summed E-state index contributed by atoms with van der Waals surface area (Å²) in [5, 5.41) is 2.89. The highest BCUT2D eigenvalue weighted by molar-refractivity contribution is 6.00. The molecule has 4 heteroatoms. The zero-order chi connectivity index (χ0) is 17.6. The summed E-state index contributed by atoms with van der Waals surface area (Å²) in [4.78, 5) is 24.3. The summed E-state index contributed by atoms with van der Waals surface area (Å²) in [7, 11) is 0. The van der Waals surface area contributed by atoms with Crippen molar-refractivity contribution in [1.82, 2.24) is 0 Å². The summed E-state index contributed by atoms with van der Waals surface area (Å²) in [6.07, 6.45) is 3.77. The Morgan fingerprint density at radius 3 is 2.52 bits per heavy atom. The molecule has 2 aromatic carbocycles. The summed E-state index contributed by atoms with van der Waals surface area (Å²) in [5.74, 6) is 0.581. The third-order valence-corrected chi connectivity index (χ3v) is 4.45. The van der Waals surface area contributed by atoms with Crippen LogP contribution in [0, 0.1) is 0 Å². The molecule has 0 bridgehead atoms. The molecule has 1 aliphatic carbocycles. The summed E-state index contributed by atoms with van der Waals surface area (Å²) in [6, 6.07) is 13.1. The summed E-state index contributed by atoms with van der Waals surface area (Å²) in [5.41, 5.74) is 4.12. The van der Waals surface area contributed by atoms with Crippen LogP contribution in [0.15, 0.2) is 42.5 Å². The topological polar surface area (TPSA) is 55.4 Å². The molecule has 0 aliphatic heterocycles. The smallest absolute Gasteiger partial charge is 0.224 e. The minimum Gasteiger partial charge on any atom is -0.494 e. The molecule has 2 aromatic rings. The quantitative estimate of drug-likeness (QED) is 0.771. The third kappa shape index (κ3) is 4.47. The Morgan fingerprint density at radius 1 is 1.00 bits per heavy atom. The van der Waals surface area contributed by atoms with Crippen LogP contribution in [-0.4, -0.2) is 18.3 Å². The Morgan fingerprint density at radius 2 is 1.76 bits per heavy atom. The maximum atomic E-state index is 12.2. The predicted octanol–water partition coefficient (Wildman–Crippen LogP) is 4.18. The number of rotatable bonds is 7. The number of nitrogens with one attached hydrogen (secondary N) is 1. The van der Waals surface area contributed by atoms with Crippen LogP contribution < -0.4 is 10.1 Å². The number of benzene rings is 2. The molecular weight excluding hydrogens is 314 g/mol. The normalized spacial score (nSPS) is 12.5. The van der Waals surface area contributed by atoms with Crippen molar-refractivity contribution in [2.45, 2.75) is 39.0 Å². The molecule has 130 valence electrons. The van der Waals surface area contributed by atoms with E-state index in [-0.39, 0.29) is 24.5 Å². The molecule has 1 aliphatic rings. The molecule has 0 spiro atoms. The first-order valence-electron chi connectivity index (χ1n) is 8.83. The van der Waals surface area contributed by atoms with E-state index in [9.17, 15) is 9.59 Å². The summed E-state index contributed by atoms with van der Waals surface area (Å²) >= 11 is 0. The average molecular weight is 337 g/mol. The van der Waals surface area contributed by atoms with E-state index in [1.54, 1.807) is 24.3 Å². The van der Waals surface area contributed by atoms with E-state index in [0.717, 1.165) is 24.3 Å². The number of carbonyl (C=O) groups excluding carboxylic acids is 2. The van der Waals surface area contributed by atoms with E-state index in [1.165, 1.54) is 17.5 Å². The van der Waals surface area contributed by atoms with E-state index >= 15 is 0 Å². The van der Waals surface area contributed by atoms with Gasteiger partial charge in [-0.15, -0.1) is 0 Å². The molecule has 25 heavy (non-hydrogen) atoms. The molecule has 0 aromatic heterocycles. The van der Waals surface area contributed by atoms with Crippen molar-refractivity contribution in [3.63, 3.8) is 0 Å². The van der Waals surface area contributed by atoms with Gasteiger partial charge in [-0.2, -0.15) is 0 Å². The Hall–Kier alpha value is -2.62. The minimum atomic E-state index is -0.128. The van der Waals surface area contributed by atoms with Crippen LogP contribution in [0.5, 0.6) is 5.75 Å². The van der Waals surface area contributed by atoms with E-state index in [4.69, 9.17) is 4.74 Å². The van der Waals surface area contributed by atoms with Gasteiger partial charge in [0.1, 0.15) is 5.75 Å². The highest BCUT2D eigenvalue weighted by Crippen LogP contribution is 2.25. The number of fused-ring (bicyclic) bond motifs is 1. The van der Waals surface area contributed by atoms with E-state index in [2.05, 4.69) is 17.4 Å². The maximum absolute atomic E-state index is 12.2. The van der Waals surface area contributed by atoms with Gasteiger partial charge in [0.2, 0.25) is 5.91 Å². The van der Waals surface area contributed by atoms with Crippen molar-refractivity contribution in [3.8, 4) is 5.75 Å². The lowest BCUT2D eigenvalue weighted by Crippen LogP contribution is -2.13. The second kappa shape index (κ2) is 7.97. The number of ether oxygens (including phenoxy) is 1. The Balaban J connectivity index is 1.50. The van der Waals surface area contributed by atoms with Gasteiger partial charge in [-0.05, 0) is 73.7 Å². The molecule has 0 saturated heterocycles. The fourth-order valence-electron chi connectivity index (χ4n) is 3.15. The van der Waals surface area contributed by atoms with Gasteiger partial charge in [-0.25, -0.2) is 0 Å². The van der Waals surface area contributed by atoms with E-state index < -0.39 is 0 Å². The SMILES string of the molecule is CCOc1ccc(C(=O)CCC(=O)Nc2ccc3c(c2)CCC3)cc1. The van der Waals surface area contributed by atoms with E-state index in [1.807, 2.05) is 13.0 Å². The van der Waals surface area contributed by atoms with Gasteiger partial charge in [-0.1, -0.05) is 6.07 Å². The molecular formula is C21H23NO3. The summed E-state index contributed by atoms with van der Waals surface area (Å²) in [6.45, 7) is 2.51. The third-order valence-electron chi connectivity index (χ3n) is 4.45.